The third-order valence-corrected chi connectivity index (χ3v) is 3.77. The molecule has 0 bridgehead atoms. The zero-order valence-electron chi connectivity index (χ0n) is 13.2. The number of aromatic nitrogens is 1. The molecule has 124 valence electrons. The summed E-state index contributed by atoms with van der Waals surface area (Å²) in [6, 6.07) is 11.1. The Balaban J connectivity index is 1.44. The Hall–Kier alpha value is -2.89. The summed E-state index contributed by atoms with van der Waals surface area (Å²) in [5, 5.41) is 5.62. The SMILES string of the molecule is O=C(COc1ccc2c(c1)CCC(=O)N2)NCCc1ccccn1. The standard InChI is InChI=1S/C18H19N3O3/c22-17-7-4-13-11-15(5-6-16(13)21-17)24-12-18(23)20-10-8-14-3-1-2-9-19-14/h1-3,5-6,9,11H,4,7-8,10,12H2,(H,20,23)(H,21,22). The van der Waals surface area contributed by atoms with Crippen LogP contribution in [-0.4, -0.2) is 29.9 Å². The van der Waals surface area contributed by atoms with E-state index < -0.39 is 0 Å². The molecule has 2 amide bonds. The number of ether oxygens (including phenoxy) is 1. The zero-order chi connectivity index (χ0) is 16.8. The van der Waals surface area contributed by atoms with Gasteiger partial charge in [0.05, 0.1) is 0 Å². The van der Waals surface area contributed by atoms with Crippen molar-refractivity contribution in [2.75, 3.05) is 18.5 Å². The summed E-state index contributed by atoms with van der Waals surface area (Å²) < 4.78 is 5.52. The van der Waals surface area contributed by atoms with E-state index in [0.717, 1.165) is 16.9 Å². The summed E-state index contributed by atoms with van der Waals surface area (Å²) in [6.07, 6.45) is 3.59. The minimum Gasteiger partial charge on any atom is -0.484 e. The predicted molar refractivity (Wildman–Crippen MR) is 89.8 cm³/mol. The molecule has 2 N–H and O–H groups in total. The maximum absolute atomic E-state index is 11.8. The fraction of sp³-hybridized carbons (Fsp3) is 0.278. The van der Waals surface area contributed by atoms with Crippen molar-refractivity contribution < 1.29 is 14.3 Å². The molecule has 3 rings (SSSR count). The van der Waals surface area contributed by atoms with Gasteiger partial charge in [0, 0.05) is 37.0 Å². The van der Waals surface area contributed by atoms with Gasteiger partial charge in [0.1, 0.15) is 5.75 Å². The van der Waals surface area contributed by atoms with E-state index in [1.807, 2.05) is 24.3 Å². The molecule has 0 atom stereocenters. The van der Waals surface area contributed by atoms with E-state index in [1.165, 1.54) is 0 Å². The molecule has 2 heterocycles. The maximum atomic E-state index is 11.8. The van der Waals surface area contributed by atoms with E-state index in [0.29, 0.717) is 31.6 Å². The Kier molecular flexibility index (Phi) is 5.05. The van der Waals surface area contributed by atoms with E-state index in [2.05, 4.69) is 15.6 Å². The Morgan fingerprint density at radius 1 is 1.25 bits per heavy atom. The number of carbonyl (C=O) groups is 2. The molecule has 2 aromatic rings. The number of amides is 2. The zero-order valence-corrected chi connectivity index (χ0v) is 13.2. The number of fused-ring (bicyclic) bond motifs is 1. The third kappa shape index (κ3) is 4.32. The van der Waals surface area contributed by atoms with Gasteiger partial charge >= 0.3 is 0 Å². The van der Waals surface area contributed by atoms with Gasteiger partial charge in [-0.1, -0.05) is 6.07 Å². The van der Waals surface area contributed by atoms with Crippen LogP contribution >= 0.6 is 0 Å². The number of nitrogens with zero attached hydrogens (tertiary/aromatic N) is 1. The molecule has 6 nitrogen and oxygen atoms in total. The van der Waals surface area contributed by atoms with Crippen molar-refractivity contribution in [1.29, 1.82) is 0 Å². The highest BCUT2D eigenvalue weighted by Gasteiger charge is 2.15. The van der Waals surface area contributed by atoms with Crippen LogP contribution in [-0.2, 0) is 22.4 Å². The number of carbonyl (C=O) groups excluding carboxylic acids is 2. The van der Waals surface area contributed by atoms with Gasteiger partial charge in [-0.25, -0.2) is 0 Å². The number of rotatable bonds is 6. The van der Waals surface area contributed by atoms with Crippen LogP contribution in [0.3, 0.4) is 0 Å². The summed E-state index contributed by atoms with van der Waals surface area (Å²) in [7, 11) is 0. The second kappa shape index (κ2) is 7.59. The first-order valence-corrected chi connectivity index (χ1v) is 7.93. The summed E-state index contributed by atoms with van der Waals surface area (Å²) in [6.45, 7) is 0.489. The Morgan fingerprint density at radius 2 is 2.17 bits per heavy atom. The van der Waals surface area contributed by atoms with Crippen LogP contribution in [0.2, 0.25) is 0 Å². The van der Waals surface area contributed by atoms with E-state index >= 15 is 0 Å². The quantitative estimate of drug-likeness (QED) is 0.847. The molecule has 6 heteroatoms. The normalized spacial score (nSPS) is 12.9. The van der Waals surface area contributed by atoms with Gasteiger partial charge in [0.25, 0.3) is 5.91 Å². The highest BCUT2D eigenvalue weighted by Crippen LogP contribution is 2.26. The van der Waals surface area contributed by atoms with Gasteiger partial charge in [0.15, 0.2) is 6.61 Å². The van der Waals surface area contributed by atoms with Crippen molar-refractivity contribution in [2.45, 2.75) is 19.3 Å². The average Bonchev–Trinajstić information content (AvgIpc) is 2.61. The summed E-state index contributed by atoms with van der Waals surface area (Å²) in [5.74, 6) is 0.491. The third-order valence-electron chi connectivity index (χ3n) is 3.77. The lowest BCUT2D eigenvalue weighted by Gasteiger charge is -2.17. The monoisotopic (exact) mass is 325 g/mol. The first-order valence-electron chi connectivity index (χ1n) is 7.93. The van der Waals surface area contributed by atoms with Gasteiger partial charge in [-0.15, -0.1) is 0 Å². The van der Waals surface area contributed by atoms with Gasteiger partial charge < -0.3 is 15.4 Å². The average molecular weight is 325 g/mol. The molecule has 0 aliphatic carbocycles. The fourth-order valence-corrected chi connectivity index (χ4v) is 2.53. The lowest BCUT2D eigenvalue weighted by Crippen LogP contribution is -2.30. The largest absolute Gasteiger partial charge is 0.484 e. The van der Waals surface area contributed by atoms with Crippen LogP contribution in [0.25, 0.3) is 0 Å². The number of anilines is 1. The molecule has 0 saturated heterocycles. The summed E-state index contributed by atoms with van der Waals surface area (Å²) in [4.78, 5) is 27.4. The predicted octanol–water partition coefficient (Wildman–Crippen LogP) is 1.70. The number of aryl methyl sites for hydroxylation is 1. The second-order valence-corrected chi connectivity index (χ2v) is 5.58. The van der Waals surface area contributed by atoms with Crippen LogP contribution in [0.5, 0.6) is 5.75 Å². The highest BCUT2D eigenvalue weighted by molar-refractivity contribution is 5.94. The molecular formula is C18H19N3O3. The van der Waals surface area contributed by atoms with Crippen LogP contribution in [0.1, 0.15) is 17.7 Å². The molecule has 1 aliphatic rings. The van der Waals surface area contributed by atoms with E-state index in [-0.39, 0.29) is 18.4 Å². The van der Waals surface area contributed by atoms with Crippen molar-refractivity contribution in [3.63, 3.8) is 0 Å². The number of nitrogens with one attached hydrogen (secondary N) is 2. The summed E-state index contributed by atoms with van der Waals surface area (Å²) in [5.41, 5.74) is 2.79. The summed E-state index contributed by atoms with van der Waals surface area (Å²) >= 11 is 0. The van der Waals surface area contributed by atoms with Crippen molar-refractivity contribution >= 4 is 17.5 Å². The number of benzene rings is 1. The molecule has 0 radical (unpaired) electrons. The maximum Gasteiger partial charge on any atom is 0.257 e. The van der Waals surface area contributed by atoms with Crippen molar-refractivity contribution in [3.05, 3.63) is 53.9 Å². The van der Waals surface area contributed by atoms with Crippen LogP contribution in [0, 0.1) is 0 Å². The molecular weight excluding hydrogens is 306 g/mol. The topological polar surface area (TPSA) is 80.3 Å². The van der Waals surface area contributed by atoms with E-state index in [9.17, 15) is 9.59 Å². The Bertz CT molecular complexity index is 732. The highest BCUT2D eigenvalue weighted by atomic mass is 16.5. The van der Waals surface area contributed by atoms with Crippen LogP contribution < -0.4 is 15.4 Å². The minimum absolute atomic E-state index is 0.0310. The van der Waals surface area contributed by atoms with Crippen molar-refractivity contribution in [3.8, 4) is 5.75 Å². The van der Waals surface area contributed by atoms with Gasteiger partial charge in [0.2, 0.25) is 5.91 Å². The second-order valence-electron chi connectivity index (χ2n) is 5.58. The van der Waals surface area contributed by atoms with Gasteiger partial charge in [-0.05, 0) is 42.3 Å². The van der Waals surface area contributed by atoms with Crippen LogP contribution in [0.4, 0.5) is 5.69 Å². The van der Waals surface area contributed by atoms with E-state index in [1.54, 1.807) is 18.3 Å². The number of hydrogen-bond acceptors (Lipinski definition) is 4. The molecule has 0 unspecified atom stereocenters. The van der Waals surface area contributed by atoms with Crippen molar-refractivity contribution in [1.82, 2.24) is 10.3 Å². The first-order chi connectivity index (χ1) is 11.7. The smallest absolute Gasteiger partial charge is 0.257 e. The first kappa shape index (κ1) is 16.0. The Labute approximate surface area is 140 Å². The van der Waals surface area contributed by atoms with E-state index in [4.69, 9.17) is 4.74 Å². The molecule has 0 saturated carbocycles. The van der Waals surface area contributed by atoms with Gasteiger partial charge in [-0.2, -0.15) is 0 Å². The lowest BCUT2D eigenvalue weighted by atomic mass is 10.0. The number of hydrogen-bond donors (Lipinski definition) is 2. The van der Waals surface area contributed by atoms with Crippen LogP contribution in [0.15, 0.2) is 42.6 Å². The fourth-order valence-electron chi connectivity index (χ4n) is 2.53. The lowest BCUT2D eigenvalue weighted by molar-refractivity contribution is -0.123. The van der Waals surface area contributed by atoms with Gasteiger partial charge in [-0.3, -0.25) is 14.6 Å². The molecule has 24 heavy (non-hydrogen) atoms. The Morgan fingerprint density at radius 3 is 3.00 bits per heavy atom. The molecule has 1 aliphatic heterocycles. The molecule has 0 spiro atoms. The molecule has 1 aromatic carbocycles. The molecule has 1 aromatic heterocycles. The van der Waals surface area contributed by atoms with Crippen molar-refractivity contribution in [2.24, 2.45) is 0 Å². The minimum atomic E-state index is -0.169. The molecule has 0 fully saturated rings. The number of pyridine rings is 1.